The van der Waals surface area contributed by atoms with Crippen molar-refractivity contribution in [2.75, 3.05) is 0 Å². The van der Waals surface area contributed by atoms with E-state index >= 15 is 0 Å². The molecular formula is C24H15MoO7PW-. The average Bonchev–Trinajstić information content (AvgIpc) is 3.54. The SMILES string of the molecule is [C-]#[O+].[C-]#[O+].[C-]#[O+].[C-]#[O+].[C-]#[O+].[C-]#[O+].[C-]#[O+].[CH]1[CH][CH][CH][CH]1.[Mo].[W].c1ccc([P-]c2ccccc2)cc1. The van der Waals surface area contributed by atoms with E-state index in [1.807, 2.05) is 44.2 Å². The van der Waals surface area contributed by atoms with Crippen LogP contribution >= 0.6 is 8.58 Å². The molecule has 0 unspecified atom stereocenters. The Hall–Kier alpha value is -1.57. The minimum Gasteiger partial charge on any atom is -0.472 e. The van der Waals surface area contributed by atoms with Crippen molar-refractivity contribution >= 4 is 19.2 Å². The van der Waals surface area contributed by atoms with E-state index in [-0.39, 0.29) is 42.1 Å². The summed E-state index contributed by atoms with van der Waals surface area (Å²) in [5.74, 6) is 0. The van der Waals surface area contributed by atoms with Crippen LogP contribution in [0.25, 0.3) is 0 Å². The summed E-state index contributed by atoms with van der Waals surface area (Å²) in [5, 5.41) is 2.68. The van der Waals surface area contributed by atoms with Crippen LogP contribution in [0.15, 0.2) is 60.7 Å². The predicted octanol–water partition coefficient (Wildman–Crippen LogP) is 3.34. The average molecular weight is 726 g/mol. The summed E-state index contributed by atoms with van der Waals surface area (Å²) in [4.78, 5) is 0. The number of rotatable bonds is 2. The normalized spacial score (nSPS) is 7.71. The van der Waals surface area contributed by atoms with Crippen LogP contribution in [0.2, 0.25) is 0 Å². The van der Waals surface area contributed by atoms with Crippen molar-refractivity contribution < 1.29 is 74.7 Å². The van der Waals surface area contributed by atoms with Gasteiger partial charge in [-0.3, -0.25) is 0 Å². The Bertz CT molecular complexity index is 620. The molecule has 7 nitrogen and oxygen atoms in total. The van der Waals surface area contributed by atoms with Crippen molar-refractivity contribution in [2.24, 2.45) is 0 Å². The third-order valence-electron chi connectivity index (χ3n) is 2.33. The van der Waals surface area contributed by atoms with Gasteiger partial charge in [-0.2, -0.15) is 0 Å². The van der Waals surface area contributed by atoms with Gasteiger partial charge in [0.15, 0.2) is 0 Å². The maximum atomic E-state index is 7.50. The molecule has 0 saturated heterocycles. The molecule has 0 aromatic heterocycles. The molecule has 0 aliphatic heterocycles. The molecule has 2 aromatic rings. The van der Waals surface area contributed by atoms with Gasteiger partial charge in [-0.15, -0.1) is 0 Å². The first kappa shape index (κ1) is 53.7. The van der Waals surface area contributed by atoms with Crippen LogP contribution in [-0.4, -0.2) is 0 Å². The van der Waals surface area contributed by atoms with E-state index in [4.69, 9.17) is 32.6 Å². The standard InChI is InChI=1S/C12H10P.C5H5.7CO.Mo.W/c1-3-7-11(8-4-1)13-12-9-5-2-6-10-12;1-2-4-5-3-1;7*1-2;;/h1-10H;1-5H;;;;;;;;;/q-1;;;;;;;;;;. The van der Waals surface area contributed by atoms with Gasteiger partial charge in [0.25, 0.3) is 0 Å². The molecule has 1 fully saturated rings. The molecule has 171 valence electrons. The fourth-order valence-electron chi connectivity index (χ4n) is 1.47. The first-order valence-electron chi connectivity index (χ1n) is 7.36. The monoisotopic (exact) mass is 728 g/mol. The van der Waals surface area contributed by atoms with Crippen LogP contribution in [0, 0.1) is 78.7 Å². The second-order valence-electron chi connectivity index (χ2n) is 3.75. The van der Waals surface area contributed by atoms with Gasteiger partial charge in [0.2, 0.25) is 0 Å². The summed E-state index contributed by atoms with van der Waals surface area (Å²) in [6, 6.07) is 21.0. The first-order valence-corrected chi connectivity index (χ1v) is 8.26. The summed E-state index contributed by atoms with van der Waals surface area (Å²) in [5.41, 5.74) is 0. The number of benzene rings is 2. The zero-order valence-electron chi connectivity index (χ0n) is 17.3. The molecule has 2 aromatic carbocycles. The van der Waals surface area contributed by atoms with Gasteiger partial charge in [0.1, 0.15) is 0 Å². The Morgan fingerprint density at radius 2 is 0.559 bits per heavy atom. The Morgan fingerprint density at radius 1 is 0.382 bits per heavy atom. The van der Waals surface area contributed by atoms with E-state index in [0.29, 0.717) is 0 Å². The van der Waals surface area contributed by atoms with Crippen LogP contribution in [0.1, 0.15) is 0 Å². The molecule has 0 spiro atoms. The van der Waals surface area contributed by atoms with Crippen molar-refractivity contribution in [3.63, 3.8) is 0 Å². The third kappa shape index (κ3) is 48.0. The largest absolute Gasteiger partial charge is 0.472 e. The Kier molecular flexibility index (Phi) is 110. The van der Waals surface area contributed by atoms with E-state index in [1.54, 1.807) is 0 Å². The molecule has 0 amide bonds. The summed E-state index contributed by atoms with van der Waals surface area (Å²) < 4.78 is 52.5. The van der Waals surface area contributed by atoms with Crippen molar-refractivity contribution in [1.82, 2.24) is 0 Å². The Balaban J connectivity index is -0.0000000458. The fraction of sp³-hybridized carbons (Fsp3) is 0. The van der Waals surface area contributed by atoms with Gasteiger partial charge in [0, 0.05) is 42.1 Å². The molecular weight excluding hydrogens is 711 g/mol. The number of hydrogen-bond donors (Lipinski definition) is 0. The van der Waals surface area contributed by atoms with E-state index in [0.717, 1.165) is 0 Å². The smallest absolute Gasteiger partial charge is 0 e. The molecule has 0 atom stereocenters. The van der Waals surface area contributed by atoms with Gasteiger partial charge in [0.05, 0.1) is 0 Å². The maximum Gasteiger partial charge on any atom is 0 e. The summed E-state index contributed by atoms with van der Waals surface area (Å²) in [7, 11) is 1.28. The van der Waals surface area contributed by atoms with Gasteiger partial charge in [-0.1, -0.05) is 60.7 Å². The van der Waals surface area contributed by atoms with Gasteiger partial charge in [-0.05, 0) is 32.1 Å². The second-order valence-corrected chi connectivity index (χ2v) is 5.00. The van der Waals surface area contributed by atoms with Crippen molar-refractivity contribution in [3.05, 3.63) is 139 Å². The van der Waals surface area contributed by atoms with Crippen LogP contribution in [0.4, 0.5) is 0 Å². The van der Waals surface area contributed by atoms with E-state index < -0.39 is 0 Å². The molecule has 3 rings (SSSR count). The van der Waals surface area contributed by atoms with Gasteiger partial charge < -0.3 is 8.58 Å². The van der Waals surface area contributed by atoms with E-state index in [2.05, 4.69) is 95.1 Å². The molecule has 0 heterocycles. The summed E-state index contributed by atoms with van der Waals surface area (Å²) >= 11 is 0. The summed E-state index contributed by atoms with van der Waals surface area (Å²) in [6.45, 7) is 31.5. The van der Waals surface area contributed by atoms with Gasteiger partial charge >= 0.3 is 79.1 Å². The quantitative estimate of drug-likeness (QED) is 0.194. The van der Waals surface area contributed by atoms with Gasteiger partial charge in [-0.25, -0.2) is 10.6 Å². The molecule has 10 heteroatoms. The van der Waals surface area contributed by atoms with Crippen molar-refractivity contribution in [2.45, 2.75) is 0 Å². The summed E-state index contributed by atoms with van der Waals surface area (Å²) in [6.07, 6.45) is 10.0. The van der Waals surface area contributed by atoms with Crippen molar-refractivity contribution in [3.8, 4) is 0 Å². The molecule has 1 aliphatic rings. The van der Waals surface area contributed by atoms with Crippen molar-refractivity contribution in [1.29, 1.82) is 0 Å². The van der Waals surface area contributed by atoms with E-state index in [9.17, 15) is 0 Å². The molecule has 0 bridgehead atoms. The predicted molar refractivity (Wildman–Crippen MR) is 108 cm³/mol. The minimum atomic E-state index is 0. The fourth-order valence-corrected chi connectivity index (χ4v) is 2.42. The van der Waals surface area contributed by atoms with Crippen LogP contribution in [0.5, 0.6) is 0 Å². The number of hydrogen-bond acceptors (Lipinski definition) is 0. The van der Waals surface area contributed by atoms with Crippen LogP contribution in [-0.2, 0) is 74.7 Å². The molecule has 1 aliphatic carbocycles. The Morgan fingerprint density at radius 3 is 0.735 bits per heavy atom. The van der Waals surface area contributed by atoms with Crippen LogP contribution in [0.3, 0.4) is 0 Å². The molecule has 1 saturated carbocycles. The van der Waals surface area contributed by atoms with E-state index in [1.165, 1.54) is 19.2 Å². The first-order chi connectivity index (χ1) is 15.9. The molecule has 34 heavy (non-hydrogen) atoms. The maximum absolute atomic E-state index is 7.50. The van der Waals surface area contributed by atoms with Crippen LogP contribution < -0.4 is 10.6 Å². The third-order valence-corrected chi connectivity index (χ3v) is 3.44. The molecule has 0 N–H and O–H groups in total. The topological polar surface area (TPSA) is 139 Å². The Labute approximate surface area is 232 Å². The second kappa shape index (κ2) is 69.7. The zero-order valence-corrected chi connectivity index (χ0v) is 23.1. The minimum absolute atomic E-state index is 0. The zero-order chi connectivity index (χ0) is 26.5. The molecule has 5 radical (unpaired) electrons.